The summed E-state index contributed by atoms with van der Waals surface area (Å²) in [5, 5.41) is 14.8. The van der Waals surface area contributed by atoms with Crippen LogP contribution in [0.1, 0.15) is 12.6 Å². The smallest absolute Gasteiger partial charge is 0.414 e. The number of carboxylic acid groups (broad SMARTS) is 2. The zero-order chi connectivity index (χ0) is 11.0. The van der Waals surface area contributed by atoms with Crippen molar-refractivity contribution in [3.8, 4) is 0 Å². The zero-order valence-corrected chi connectivity index (χ0v) is 7.67. The molecule has 0 spiro atoms. The average molecular weight is 197 g/mol. The summed E-state index contributed by atoms with van der Waals surface area (Å²) in [4.78, 5) is 22.3. The van der Waals surface area contributed by atoms with E-state index in [1.807, 2.05) is 24.4 Å². The topological polar surface area (TPSA) is 87.5 Å². The van der Waals surface area contributed by atoms with E-state index in [9.17, 15) is 0 Å². The van der Waals surface area contributed by atoms with Gasteiger partial charge < -0.3 is 10.2 Å². The van der Waals surface area contributed by atoms with E-state index >= 15 is 0 Å². The highest BCUT2D eigenvalue weighted by Gasteiger charge is 2.04. The molecule has 0 aromatic carbocycles. The van der Waals surface area contributed by atoms with E-state index in [1.165, 1.54) is 0 Å². The summed E-state index contributed by atoms with van der Waals surface area (Å²) in [5.41, 5.74) is 1.16. The second kappa shape index (κ2) is 6.59. The Morgan fingerprint density at radius 2 is 1.86 bits per heavy atom. The van der Waals surface area contributed by atoms with Crippen LogP contribution in [0.2, 0.25) is 0 Å². The molecule has 76 valence electrons. The Labute approximate surface area is 81.0 Å². The summed E-state index contributed by atoms with van der Waals surface area (Å²) in [6.45, 7) is 2.10. The summed E-state index contributed by atoms with van der Waals surface area (Å²) in [5.74, 6) is -3.65. The molecule has 1 heterocycles. The van der Waals surface area contributed by atoms with Gasteiger partial charge in [-0.1, -0.05) is 13.0 Å². The molecule has 5 nitrogen and oxygen atoms in total. The van der Waals surface area contributed by atoms with Crippen molar-refractivity contribution in [2.24, 2.45) is 0 Å². The summed E-state index contributed by atoms with van der Waals surface area (Å²) in [6.07, 6.45) is 2.85. The molecule has 0 atom stereocenters. The highest BCUT2D eigenvalue weighted by Crippen LogP contribution is 1.91. The third kappa shape index (κ3) is 5.70. The fourth-order valence-electron chi connectivity index (χ4n) is 0.607. The van der Waals surface area contributed by atoms with Crippen LogP contribution in [-0.4, -0.2) is 27.1 Å². The van der Waals surface area contributed by atoms with Gasteiger partial charge in [-0.2, -0.15) is 0 Å². The maximum absolute atomic E-state index is 9.10. The standard InChI is InChI=1S/C7H9N.C2H2O4/c1-2-7-5-3-4-6-8-7;3-1(4)2(5)6/h3-6H,2H2,1H3;(H,3,4)(H,5,6). The molecule has 0 amide bonds. The number of carboxylic acids is 2. The van der Waals surface area contributed by atoms with Gasteiger partial charge in [0.2, 0.25) is 0 Å². The number of carbonyl (C=O) groups is 2. The first-order valence-electron chi connectivity index (χ1n) is 3.94. The first-order chi connectivity index (χ1) is 6.57. The van der Waals surface area contributed by atoms with Crippen molar-refractivity contribution in [3.05, 3.63) is 30.1 Å². The highest BCUT2D eigenvalue weighted by molar-refractivity contribution is 6.27. The van der Waals surface area contributed by atoms with Gasteiger partial charge in [0, 0.05) is 11.9 Å². The van der Waals surface area contributed by atoms with Gasteiger partial charge in [0.15, 0.2) is 0 Å². The van der Waals surface area contributed by atoms with Crippen LogP contribution in [0.5, 0.6) is 0 Å². The van der Waals surface area contributed by atoms with E-state index in [-0.39, 0.29) is 0 Å². The third-order valence-electron chi connectivity index (χ3n) is 1.27. The van der Waals surface area contributed by atoms with Crippen LogP contribution in [0.15, 0.2) is 24.4 Å². The lowest BCUT2D eigenvalue weighted by atomic mass is 10.3. The lowest BCUT2D eigenvalue weighted by Gasteiger charge is -1.88. The molecule has 14 heavy (non-hydrogen) atoms. The minimum Gasteiger partial charge on any atom is -0.473 e. The Hall–Kier alpha value is -1.91. The van der Waals surface area contributed by atoms with Crippen molar-refractivity contribution in [1.29, 1.82) is 0 Å². The fourth-order valence-corrected chi connectivity index (χ4v) is 0.607. The van der Waals surface area contributed by atoms with E-state index in [0.717, 1.165) is 12.1 Å². The molecule has 0 aliphatic rings. The molecule has 0 saturated carbocycles. The molecule has 1 rings (SSSR count). The molecule has 1 aromatic heterocycles. The molecule has 0 saturated heterocycles. The molecule has 1 aromatic rings. The summed E-state index contributed by atoms with van der Waals surface area (Å²) < 4.78 is 0. The number of aliphatic carboxylic acids is 2. The Kier molecular flexibility index (Phi) is 5.69. The second-order valence-electron chi connectivity index (χ2n) is 2.28. The van der Waals surface area contributed by atoms with Gasteiger partial charge in [-0.15, -0.1) is 0 Å². The normalized spacial score (nSPS) is 8.36. The molecule has 0 aliphatic carbocycles. The summed E-state index contributed by atoms with van der Waals surface area (Å²) in [7, 11) is 0. The van der Waals surface area contributed by atoms with E-state index in [1.54, 1.807) is 0 Å². The van der Waals surface area contributed by atoms with Gasteiger partial charge in [-0.3, -0.25) is 4.98 Å². The van der Waals surface area contributed by atoms with Crippen molar-refractivity contribution in [1.82, 2.24) is 4.98 Å². The van der Waals surface area contributed by atoms with Crippen LogP contribution in [0.25, 0.3) is 0 Å². The van der Waals surface area contributed by atoms with Crippen LogP contribution in [0.3, 0.4) is 0 Å². The molecule has 0 unspecified atom stereocenters. The van der Waals surface area contributed by atoms with E-state index in [4.69, 9.17) is 19.8 Å². The molecular weight excluding hydrogens is 186 g/mol. The number of hydrogen-bond donors (Lipinski definition) is 2. The maximum Gasteiger partial charge on any atom is 0.414 e. The van der Waals surface area contributed by atoms with E-state index in [0.29, 0.717) is 0 Å². The predicted molar refractivity (Wildman–Crippen MR) is 48.9 cm³/mol. The van der Waals surface area contributed by atoms with Crippen LogP contribution in [0, 0.1) is 0 Å². The first-order valence-corrected chi connectivity index (χ1v) is 3.94. The van der Waals surface area contributed by atoms with Crippen LogP contribution < -0.4 is 0 Å². The molecule has 0 bridgehead atoms. The lowest BCUT2D eigenvalue weighted by molar-refractivity contribution is -0.159. The zero-order valence-electron chi connectivity index (χ0n) is 7.67. The molecule has 5 heteroatoms. The Morgan fingerprint density at radius 3 is 2.07 bits per heavy atom. The number of rotatable bonds is 1. The van der Waals surface area contributed by atoms with Gasteiger partial charge in [-0.25, -0.2) is 9.59 Å². The largest absolute Gasteiger partial charge is 0.473 e. The van der Waals surface area contributed by atoms with E-state index < -0.39 is 11.9 Å². The lowest BCUT2D eigenvalue weighted by Crippen LogP contribution is -2.09. The number of pyridine rings is 1. The summed E-state index contributed by atoms with van der Waals surface area (Å²) in [6, 6.07) is 5.96. The van der Waals surface area contributed by atoms with Crippen LogP contribution in [0.4, 0.5) is 0 Å². The third-order valence-corrected chi connectivity index (χ3v) is 1.27. The van der Waals surface area contributed by atoms with Crippen molar-refractivity contribution >= 4 is 11.9 Å². The first kappa shape index (κ1) is 12.1. The monoisotopic (exact) mass is 197 g/mol. The van der Waals surface area contributed by atoms with Gasteiger partial charge in [0.25, 0.3) is 0 Å². The van der Waals surface area contributed by atoms with Gasteiger partial charge in [-0.05, 0) is 18.6 Å². The average Bonchev–Trinajstić information content (AvgIpc) is 2.20. The molecular formula is C9H11NO4. The Morgan fingerprint density at radius 1 is 1.29 bits per heavy atom. The van der Waals surface area contributed by atoms with Gasteiger partial charge in [0.1, 0.15) is 0 Å². The van der Waals surface area contributed by atoms with Crippen molar-refractivity contribution < 1.29 is 19.8 Å². The SMILES string of the molecule is CCc1ccccn1.O=C(O)C(=O)O. The molecule has 0 radical (unpaired) electrons. The van der Waals surface area contributed by atoms with Gasteiger partial charge in [0.05, 0.1) is 0 Å². The predicted octanol–water partition coefficient (Wildman–Crippen LogP) is 0.800. The summed E-state index contributed by atoms with van der Waals surface area (Å²) >= 11 is 0. The number of hydrogen-bond acceptors (Lipinski definition) is 3. The van der Waals surface area contributed by atoms with Crippen LogP contribution >= 0.6 is 0 Å². The fraction of sp³-hybridized carbons (Fsp3) is 0.222. The Balaban J connectivity index is 0.000000255. The van der Waals surface area contributed by atoms with Gasteiger partial charge >= 0.3 is 11.9 Å². The molecule has 0 fully saturated rings. The molecule has 2 N–H and O–H groups in total. The highest BCUT2D eigenvalue weighted by atomic mass is 16.4. The maximum atomic E-state index is 9.10. The van der Waals surface area contributed by atoms with Crippen LogP contribution in [-0.2, 0) is 16.0 Å². The quantitative estimate of drug-likeness (QED) is 0.650. The van der Waals surface area contributed by atoms with Crippen molar-refractivity contribution in [3.63, 3.8) is 0 Å². The number of aryl methyl sites for hydroxylation is 1. The minimum atomic E-state index is -1.82. The Bertz CT molecular complexity index is 285. The minimum absolute atomic E-state index is 1.03. The number of aromatic nitrogens is 1. The second-order valence-corrected chi connectivity index (χ2v) is 2.28. The van der Waals surface area contributed by atoms with Crippen molar-refractivity contribution in [2.45, 2.75) is 13.3 Å². The van der Waals surface area contributed by atoms with Crippen molar-refractivity contribution in [2.75, 3.05) is 0 Å². The van der Waals surface area contributed by atoms with E-state index in [2.05, 4.69) is 11.9 Å². The molecule has 0 aliphatic heterocycles. The number of nitrogens with zero attached hydrogens (tertiary/aromatic N) is 1.